The SMILES string of the molecule is COc1cccc(NC(=O)c2cnc(Nc3cccc(Cl)c3C)cn2)c1. The maximum Gasteiger partial charge on any atom is 0.275 e. The van der Waals surface area contributed by atoms with Crippen molar-refractivity contribution >= 4 is 34.7 Å². The average Bonchev–Trinajstić information content (AvgIpc) is 2.66. The predicted octanol–water partition coefficient (Wildman–Crippen LogP) is 4.44. The van der Waals surface area contributed by atoms with Crippen LogP contribution in [0.15, 0.2) is 54.9 Å². The molecule has 2 N–H and O–H groups in total. The van der Waals surface area contributed by atoms with E-state index in [1.165, 1.54) is 12.4 Å². The topological polar surface area (TPSA) is 76.1 Å². The van der Waals surface area contributed by atoms with Crippen molar-refractivity contribution < 1.29 is 9.53 Å². The van der Waals surface area contributed by atoms with Gasteiger partial charge in [0.05, 0.1) is 19.5 Å². The van der Waals surface area contributed by atoms with Crippen molar-refractivity contribution in [3.05, 3.63) is 71.1 Å². The fourth-order valence-corrected chi connectivity index (χ4v) is 2.46. The van der Waals surface area contributed by atoms with Crippen LogP contribution in [-0.2, 0) is 0 Å². The fourth-order valence-electron chi connectivity index (χ4n) is 2.29. The van der Waals surface area contributed by atoms with E-state index in [0.717, 1.165) is 11.3 Å². The number of nitrogens with one attached hydrogen (secondary N) is 2. The van der Waals surface area contributed by atoms with Gasteiger partial charge in [-0.25, -0.2) is 9.97 Å². The summed E-state index contributed by atoms with van der Waals surface area (Å²) in [5.41, 5.74) is 2.57. The number of halogens is 1. The molecule has 1 amide bonds. The molecule has 0 bridgehead atoms. The molecule has 132 valence electrons. The molecule has 0 aliphatic carbocycles. The molecule has 0 saturated carbocycles. The molecule has 0 spiro atoms. The number of methoxy groups -OCH3 is 1. The predicted molar refractivity (Wildman–Crippen MR) is 102 cm³/mol. The Labute approximate surface area is 156 Å². The molecule has 3 aromatic rings. The molecule has 1 heterocycles. The highest BCUT2D eigenvalue weighted by atomic mass is 35.5. The first-order valence-electron chi connectivity index (χ1n) is 7.86. The molecule has 1 aromatic heterocycles. The second-order valence-corrected chi connectivity index (χ2v) is 5.92. The maximum atomic E-state index is 12.3. The molecular weight excluding hydrogens is 352 g/mol. The number of nitrogens with zero attached hydrogens (tertiary/aromatic N) is 2. The second-order valence-electron chi connectivity index (χ2n) is 5.51. The summed E-state index contributed by atoms with van der Waals surface area (Å²) in [4.78, 5) is 20.7. The summed E-state index contributed by atoms with van der Waals surface area (Å²) < 4.78 is 5.14. The normalized spacial score (nSPS) is 10.3. The van der Waals surface area contributed by atoms with Crippen LogP contribution < -0.4 is 15.4 Å². The maximum absolute atomic E-state index is 12.3. The summed E-state index contributed by atoms with van der Waals surface area (Å²) in [6.07, 6.45) is 2.92. The highest BCUT2D eigenvalue weighted by Gasteiger charge is 2.10. The van der Waals surface area contributed by atoms with Gasteiger partial charge in [-0.3, -0.25) is 4.79 Å². The third kappa shape index (κ3) is 4.10. The Balaban J connectivity index is 1.70. The summed E-state index contributed by atoms with van der Waals surface area (Å²) >= 11 is 6.11. The van der Waals surface area contributed by atoms with E-state index < -0.39 is 0 Å². The standard InChI is InChI=1S/C19H17ClN4O2/c1-12-15(20)7-4-8-16(12)24-18-11-21-17(10-22-18)19(25)23-13-5-3-6-14(9-13)26-2/h3-11H,1-2H3,(H,22,24)(H,23,25). The summed E-state index contributed by atoms with van der Waals surface area (Å²) in [5, 5.41) is 6.56. The molecule has 0 radical (unpaired) electrons. The van der Waals surface area contributed by atoms with Gasteiger partial charge in [-0.2, -0.15) is 0 Å². The van der Waals surface area contributed by atoms with Gasteiger partial charge in [0.1, 0.15) is 17.3 Å². The van der Waals surface area contributed by atoms with E-state index in [2.05, 4.69) is 20.6 Å². The van der Waals surface area contributed by atoms with Crippen molar-refractivity contribution in [3.8, 4) is 5.75 Å². The number of carbonyl (C=O) groups is 1. The fraction of sp³-hybridized carbons (Fsp3) is 0.105. The molecule has 3 rings (SSSR count). The van der Waals surface area contributed by atoms with Gasteiger partial charge in [0, 0.05) is 22.5 Å². The lowest BCUT2D eigenvalue weighted by molar-refractivity contribution is 0.102. The van der Waals surface area contributed by atoms with Crippen LogP contribution >= 0.6 is 11.6 Å². The van der Waals surface area contributed by atoms with Crippen LogP contribution in [0.25, 0.3) is 0 Å². The zero-order valence-electron chi connectivity index (χ0n) is 14.3. The summed E-state index contributed by atoms with van der Waals surface area (Å²) in [6.45, 7) is 1.91. The van der Waals surface area contributed by atoms with E-state index in [-0.39, 0.29) is 11.6 Å². The third-order valence-corrected chi connectivity index (χ3v) is 4.15. The molecule has 0 aliphatic heterocycles. The van der Waals surface area contributed by atoms with Crippen LogP contribution in [0.5, 0.6) is 5.75 Å². The molecular formula is C19H17ClN4O2. The number of hydrogen-bond donors (Lipinski definition) is 2. The molecule has 6 nitrogen and oxygen atoms in total. The number of ether oxygens (including phenoxy) is 1. The summed E-state index contributed by atoms with van der Waals surface area (Å²) in [7, 11) is 1.57. The molecule has 0 unspecified atom stereocenters. The third-order valence-electron chi connectivity index (χ3n) is 3.74. The van der Waals surface area contributed by atoms with Gasteiger partial charge in [0.15, 0.2) is 0 Å². The van der Waals surface area contributed by atoms with Crippen LogP contribution in [0.1, 0.15) is 16.1 Å². The number of amides is 1. The van der Waals surface area contributed by atoms with Gasteiger partial charge in [0.2, 0.25) is 0 Å². The minimum absolute atomic E-state index is 0.209. The molecule has 26 heavy (non-hydrogen) atoms. The highest BCUT2D eigenvalue weighted by molar-refractivity contribution is 6.31. The van der Waals surface area contributed by atoms with Crippen molar-refractivity contribution in [1.82, 2.24) is 9.97 Å². The number of benzene rings is 2. The number of anilines is 3. The Morgan fingerprint density at radius 3 is 2.65 bits per heavy atom. The number of aromatic nitrogens is 2. The molecule has 0 aliphatic rings. The van der Waals surface area contributed by atoms with Crippen molar-refractivity contribution in [2.75, 3.05) is 17.7 Å². The van der Waals surface area contributed by atoms with Gasteiger partial charge >= 0.3 is 0 Å². The van der Waals surface area contributed by atoms with Crippen molar-refractivity contribution in [2.45, 2.75) is 6.92 Å². The van der Waals surface area contributed by atoms with Crippen molar-refractivity contribution in [2.24, 2.45) is 0 Å². The number of carbonyl (C=O) groups excluding carboxylic acids is 1. The molecule has 0 atom stereocenters. The van der Waals surface area contributed by atoms with E-state index in [1.807, 2.05) is 25.1 Å². The zero-order valence-corrected chi connectivity index (χ0v) is 15.0. The van der Waals surface area contributed by atoms with Crippen LogP contribution in [-0.4, -0.2) is 23.0 Å². The van der Waals surface area contributed by atoms with E-state index in [4.69, 9.17) is 16.3 Å². The van der Waals surface area contributed by atoms with Crippen LogP contribution in [0.4, 0.5) is 17.2 Å². The minimum Gasteiger partial charge on any atom is -0.497 e. The first-order valence-corrected chi connectivity index (χ1v) is 8.24. The molecule has 2 aromatic carbocycles. The van der Waals surface area contributed by atoms with Crippen molar-refractivity contribution in [1.29, 1.82) is 0 Å². The van der Waals surface area contributed by atoms with Gasteiger partial charge in [-0.05, 0) is 36.8 Å². The Hall–Kier alpha value is -3.12. The average molecular weight is 369 g/mol. The Bertz CT molecular complexity index is 929. The van der Waals surface area contributed by atoms with E-state index in [0.29, 0.717) is 22.3 Å². The molecule has 0 saturated heterocycles. The lowest BCUT2D eigenvalue weighted by Gasteiger charge is -2.10. The minimum atomic E-state index is -0.351. The quantitative estimate of drug-likeness (QED) is 0.696. The van der Waals surface area contributed by atoms with Gasteiger partial charge in [-0.1, -0.05) is 23.7 Å². The Kier molecular flexibility index (Phi) is 5.34. The largest absolute Gasteiger partial charge is 0.497 e. The van der Waals surface area contributed by atoms with E-state index in [1.54, 1.807) is 31.4 Å². The van der Waals surface area contributed by atoms with Gasteiger partial charge < -0.3 is 15.4 Å². The van der Waals surface area contributed by atoms with Crippen LogP contribution in [0, 0.1) is 6.92 Å². The van der Waals surface area contributed by atoms with Crippen molar-refractivity contribution in [3.63, 3.8) is 0 Å². The van der Waals surface area contributed by atoms with E-state index in [9.17, 15) is 4.79 Å². The molecule has 7 heteroatoms. The highest BCUT2D eigenvalue weighted by Crippen LogP contribution is 2.25. The lowest BCUT2D eigenvalue weighted by atomic mass is 10.2. The van der Waals surface area contributed by atoms with Gasteiger partial charge in [-0.15, -0.1) is 0 Å². The van der Waals surface area contributed by atoms with Gasteiger partial charge in [0.25, 0.3) is 5.91 Å². The summed E-state index contributed by atoms with van der Waals surface area (Å²) in [6, 6.07) is 12.6. The lowest BCUT2D eigenvalue weighted by Crippen LogP contribution is -2.14. The monoisotopic (exact) mass is 368 g/mol. The number of rotatable bonds is 5. The smallest absolute Gasteiger partial charge is 0.275 e. The Morgan fingerprint density at radius 2 is 1.92 bits per heavy atom. The first-order chi connectivity index (χ1) is 12.6. The van der Waals surface area contributed by atoms with Crippen LogP contribution in [0.2, 0.25) is 5.02 Å². The Morgan fingerprint density at radius 1 is 1.12 bits per heavy atom. The van der Waals surface area contributed by atoms with E-state index >= 15 is 0 Å². The van der Waals surface area contributed by atoms with Crippen LogP contribution in [0.3, 0.4) is 0 Å². The molecule has 0 fully saturated rings. The number of hydrogen-bond acceptors (Lipinski definition) is 5. The first kappa shape index (κ1) is 17.7. The second kappa shape index (κ2) is 7.84. The zero-order chi connectivity index (χ0) is 18.5. The summed E-state index contributed by atoms with van der Waals surface area (Å²) in [5.74, 6) is 0.829.